The molecule has 0 aliphatic carbocycles. The Morgan fingerprint density at radius 1 is 0.447 bits per heavy atom. The van der Waals surface area contributed by atoms with Crippen molar-refractivity contribution in [3.63, 3.8) is 0 Å². The van der Waals surface area contributed by atoms with Gasteiger partial charge in [0.25, 0.3) is 0 Å². The van der Waals surface area contributed by atoms with E-state index in [2.05, 4.69) is 16.0 Å². The van der Waals surface area contributed by atoms with Crippen molar-refractivity contribution in [3.8, 4) is 0 Å². The SMILES string of the molecule is CC(=O)N[C@H]1[C@H](OC[C@@H](O)[C@H](O)[C@H](O[C@@H]2O[C@H](CO)[C@H](O)[C@H](O[C@@H]3O[C@H](CO)[C@@H](O[C@@H]4O[C@H](CO)[C@H](O)[C@H](O)[C@H]4O)[C@H](O)[C@H]3NC(C)=O)[C@H]2O)[C@H](CO)NC(C)=O)O[C@H](CO)[C@@H](O[C@@H]2O[C@H](CO)[C@H](O)[C@H](O)[C@H]2O)[C@@H]1O. The molecule has 34 nitrogen and oxygen atoms in total. The quantitative estimate of drug-likeness (QED) is 0.0452. The molecule has 0 saturated carbocycles. The summed E-state index contributed by atoms with van der Waals surface area (Å²) in [6.45, 7) is -3.87. The molecule has 29 atom stereocenters. The normalized spacial score (nSPS) is 43.8. The van der Waals surface area contributed by atoms with E-state index in [0.29, 0.717) is 0 Å². The Balaban J connectivity index is 1.35. The average Bonchev–Trinajstić information content (AvgIpc) is 3.38. The Hall–Kier alpha value is -2.71. The van der Waals surface area contributed by atoms with Gasteiger partial charge >= 0.3 is 0 Å². The monoisotopic (exact) mass is 1120 g/mol. The number of aliphatic hydroxyl groups excluding tert-OH is 18. The molecule has 0 unspecified atom stereocenters. The van der Waals surface area contributed by atoms with Crippen LogP contribution in [0.4, 0.5) is 0 Å². The summed E-state index contributed by atoms with van der Waals surface area (Å²) >= 11 is 0. The number of hydrogen-bond donors (Lipinski definition) is 21. The highest BCUT2D eigenvalue weighted by atomic mass is 16.8. The number of amides is 3. The van der Waals surface area contributed by atoms with E-state index in [9.17, 15) is 106 Å². The molecule has 0 bridgehead atoms. The van der Waals surface area contributed by atoms with Crippen LogP contribution in [0.1, 0.15) is 20.8 Å². The van der Waals surface area contributed by atoms with Crippen LogP contribution in [-0.2, 0) is 61.8 Å². The van der Waals surface area contributed by atoms with Crippen molar-refractivity contribution in [2.75, 3.05) is 46.2 Å². The molecule has 0 aromatic heterocycles. The van der Waals surface area contributed by atoms with Crippen molar-refractivity contribution in [2.45, 2.75) is 199 Å². The van der Waals surface area contributed by atoms with Crippen molar-refractivity contribution in [1.82, 2.24) is 16.0 Å². The molecule has 0 aromatic rings. The smallest absolute Gasteiger partial charge is 0.217 e. The predicted molar refractivity (Wildman–Crippen MR) is 236 cm³/mol. The standard InChI is InChI=1S/C42H73N3O31/c1-11(52)43-14(4-46)34(23(56)15(55)10-67-38-21(44-12(2)53)27(60)35(19(8-50)71-38)74-40-31(64)29(62)24(57)16(5-47)68-40)73-42-33(66)37(26(59)18(7-49)70-42)76-39-22(45-13(3)54)28(61)36(20(9-51)72-39)75-41-32(65)30(63)25(58)17(6-48)69-41/h14-42,46-51,55-66H,4-10H2,1-3H3,(H,43,52)(H,44,53)(H,45,54)/t14-,15+,16+,17+,18+,19+,20+,21+,22+,23-,24-,25-,26-,27+,28+,29-,30-,31+,32+,33+,34+,35+,36+,37-,38+,39-,40-,41-,42-/m0/s1. The molecule has 0 radical (unpaired) electrons. The third kappa shape index (κ3) is 14.8. The van der Waals surface area contributed by atoms with E-state index >= 15 is 0 Å². The van der Waals surface area contributed by atoms with Gasteiger partial charge in [-0.3, -0.25) is 14.4 Å². The number of ether oxygens (including phenoxy) is 10. The first kappa shape index (κ1) is 64.1. The number of carbonyl (C=O) groups excluding carboxylic acids is 3. The molecule has 5 saturated heterocycles. The first-order valence-corrected chi connectivity index (χ1v) is 24.0. The highest BCUT2D eigenvalue weighted by Crippen LogP contribution is 2.35. The largest absolute Gasteiger partial charge is 0.394 e. The van der Waals surface area contributed by atoms with Gasteiger partial charge in [-0.2, -0.15) is 0 Å². The molecular weight excluding hydrogens is 1040 g/mol. The molecule has 5 aliphatic rings. The summed E-state index contributed by atoms with van der Waals surface area (Å²) in [5.41, 5.74) is 0. The average molecular weight is 1120 g/mol. The first-order chi connectivity index (χ1) is 35.9. The van der Waals surface area contributed by atoms with E-state index in [1.807, 2.05) is 0 Å². The highest BCUT2D eigenvalue weighted by Gasteiger charge is 2.56. The van der Waals surface area contributed by atoms with Crippen LogP contribution < -0.4 is 16.0 Å². The van der Waals surface area contributed by atoms with Crippen molar-refractivity contribution in [3.05, 3.63) is 0 Å². The van der Waals surface area contributed by atoms with E-state index in [4.69, 9.17) is 47.4 Å². The van der Waals surface area contributed by atoms with Crippen molar-refractivity contribution < 1.29 is 154 Å². The van der Waals surface area contributed by atoms with Crippen LogP contribution >= 0.6 is 0 Å². The van der Waals surface area contributed by atoms with Crippen LogP contribution in [0.15, 0.2) is 0 Å². The molecule has 5 heterocycles. The van der Waals surface area contributed by atoms with E-state index in [1.54, 1.807) is 0 Å². The van der Waals surface area contributed by atoms with Crippen molar-refractivity contribution in [2.24, 2.45) is 0 Å². The summed E-state index contributed by atoms with van der Waals surface area (Å²) in [6, 6.07) is -5.13. The van der Waals surface area contributed by atoms with Crippen LogP contribution in [0.5, 0.6) is 0 Å². The van der Waals surface area contributed by atoms with E-state index in [1.165, 1.54) is 0 Å². The van der Waals surface area contributed by atoms with Crippen LogP contribution in [0.3, 0.4) is 0 Å². The molecule has 76 heavy (non-hydrogen) atoms. The van der Waals surface area contributed by atoms with Gasteiger partial charge in [0.15, 0.2) is 31.5 Å². The molecule has 0 spiro atoms. The molecule has 5 aliphatic heterocycles. The first-order valence-electron chi connectivity index (χ1n) is 24.0. The molecule has 0 aromatic carbocycles. The van der Waals surface area contributed by atoms with Gasteiger partial charge in [0.05, 0.1) is 52.3 Å². The fraction of sp³-hybridized carbons (Fsp3) is 0.929. The maximum atomic E-state index is 12.5. The Labute approximate surface area is 431 Å². The Morgan fingerprint density at radius 2 is 0.842 bits per heavy atom. The van der Waals surface area contributed by atoms with Crippen LogP contribution in [0, 0.1) is 0 Å². The Bertz CT molecular complexity index is 1820. The van der Waals surface area contributed by atoms with Gasteiger partial charge in [0.2, 0.25) is 17.7 Å². The number of rotatable bonds is 23. The van der Waals surface area contributed by atoms with Crippen LogP contribution in [-0.4, -0.2) is 334 Å². The predicted octanol–water partition coefficient (Wildman–Crippen LogP) is -14.0. The lowest BCUT2D eigenvalue weighted by Gasteiger charge is -2.49. The summed E-state index contributed by atoms with van der Waals surface area (Å²) in [5, 5.41) is 199. The third-order valence-electron chi connectivity index (χ3n) is 13.3. The lowest BCUT2D eigenvalue weighted by Crippen LogP contribution is -2.69. The fourth-order valence-electron chi connectivity index (χ4n) is 9.23. The zero-order valence-corrected chi connectivity index (χ0v) is 41.0. The zero-order valence-electron chi connectivity index (χ0n) is 41.0. The Morgan fingerprint density at radius 3 is 1.26 bits per heavy atom. The van der Waals surface area contributed by atoms with Crippen molar-refractivity contribution >= 4 is 17.7 Å². The fourth-order valence-corrected chi connectivity index (χ4v) is 9.23. The minimum absolute atomic E-state index is 0.805. The number of hydrogen-bond acceptors (Lipinski definition) is 31. The zero-order chi connectivity index (χ0) is 56.6. The highest BCUT2D eigenvalue weighted by molar-refractivity contribution is 5.74. The van der Waals surface area contributed by atoms with Gasteiger partial charge in [-0.1, -0.05) is 0 Å². The molecule has 442 valence electrons. The molecule has 34 heteroatoms. The Kier molecular flexibility index (Phi) is 24.1. The summed E-state index contributed by atoms with van der Waals surface area (Å²) in [6.07, 6.45) is -49.6. The van der Waals surface area contributed by atoms with Crippen LogP contribution in [0.2, 0.25) is 0 Å². The van der Waals surface area contributed by atoms with Crippen molar-refractivity contribution in [1.29, 1.82) is 0 Å². The maximum Gasteiger partial charge on any atom is 0.217 e. The minimum atomic E-state index is -2.32. The van der Waals surface area contributed by atoms with Gasteiger partial charge in [0, 0.05) is 20.8 Å². The number of nitrogens with one attached hydrogen (secondary N) is 3. The summed E-state index contributed by atoms with van der Waals surface area (Å²) in [4.78, 5) is 37.2. The summed E-state index contributed by atoms with van der Waals surface area (Å²) in [7, 11) is 0. The molecule has 3 amide bonds. The minimum Gasteiger partial charge on any atom is -0.394 e. The van der Waals surface area contributed by atoms with Gasteiger partial charge in [-0.05, 0) is 0 Å². The van der Waals surface area contributed by atoms with Gasteiger partial charge < -0.3 is 155 Å². The lowest BCUT2D eigenvalue weighted by molar-refractivity contribution is -0.372. The number of aliphatic hydroxyl groups is 18. The second kappa shape index (κ2) is 28.6. The lowest BCUT2D eigenvalue weighted by atomic mass is 9.94. The van der Waals surface area contributed by atoms with Crippen LogP contribution in [0.25, 0.3) is 0 Å². The van der Waals surface area contributed by atoms with Gasteiger partial charge in [-0.25, -0.2) is 0 Å². The third-order valence-corrected chi connectivity index (χ3v) is 13.3. The van der Waals surface area contributed by atoms with Gasteiger partial charge in [0.1, 0.15) is 140 Å². The van der Waals surface area contributed by atoms with Gasteiger partial charge in [-0.15, -0.1) is 0 Å². The van der Waals surface area contributed by atoms with E-state index in [0.717, 1.165) is 20.8 Å². The molecule has 5 rings (SSSR count). The topological polar surface area (TPSA) is 544 Å². The molecule has 5 fully saturated rings. The molecular formula is C42H73N3O31. The second-order valence-corrected chi connectivity index (χ2v) is 18.8. The maximum absolute atomic E-state index is 12.5. The second-order valence-electron chi connectivity index (χ2n) is 18.8. The van der Waals surface area contributed by atoms with E-state index in [-0.39, 0.29) is 0 Å². The summed E-state index contributed by atoms with van der Waals surface area (Å²) in [5.74, 6) is -2.50. The van der Waals surface area contributed by atoms with E-state index < -0.39 is 242 Å². The summed E-state index contributed by atoms with van der Waals surface area (Å²) < 4.78 is 56.7. The number of carbonyl (C=O) groups is 3. The molecule has 21 N–H and O–H groups in total.